The van der Waals surface area contributed by atoms with E-state index in [1.807, 2.05) is 42.0 Å². The summed E-state index contributed by atoms with van der Waals surface area (Å²) >= 11 is 6.26. The number of aromatic nitrogens is 3. The van der Waals surface area contributed by atoms with Crippen molar-refractivity contribution in [2.45, 2.75) is 21.4 Å². The van der Waals surface area contributed by atoms with Gasteiger partial charge in [0.2, 0.25) is 5.91 Å². The highest BCUT2D eigenvalue weighted by Crippen LogP contribution is 2.33. The molecule has 2 aromatic heterocycles. The van der Waals surface area contributed by atoms with E-state index in [0.29, 0.717) is 10.9 Å². The van der Waals surface area contributed by atoms with E-state index >= 15 is 0 Å². The molecule has 0 unspecified atom stereocenters. The van der Waals surface area contributed by atoms with Gasteiger partial charge in [0.15, 0.2) is 13.8 Å². The smallest absolute Gasteiger partial charge is 0.230 e. The first-order valence-electron chi connectivity index (χ1n) is 6.98. The van der Waals surface area contributed by atoms with E-state index in [1.165, 1.54) is 11.3 Å². The van der Waals surface area contributed by atoms with E-state index in [-0.39, 0.29) is 5.91 Å². The SMILES string of the molecule is CSc1nnc(SCc2csc(N(C(C)=O)c3ccccc3)n2)s1. The normalized spacial score (nSPS) is 10.8. The summed E-state index contributed by atoms with van der Waals surface area (Å²) in [4.78, 5) is 18.3. The van der Waals surface area contributed by atoms with Crippen molar-refractivity contribution in [2.24, 2.45) is 0 Å². The van der Waals surface area contributed by atoms with Crippen LogP contribution in [0.5, 0.6) is 0 Å². The van der Waals surface area contributed by atoms with Crippen molar-refractivity contribution in [3.05, 3.63) is 41.4 Å². The van der Waals surface area contributed by atoms with Crippen molar-refractivity contribution in [3.8, 4) is 0 Å². The summed E-state index contributed by atoms with van der Waals surface area (Å²) in [7, 11) is 0. The summed E-state index contributed by atoms with van der Waals surface area (Å²) in [5.41, 5.74) is 1.76. The van der Waals surface area contributed by atoms with Crippen LogP contribution in [0.1, 0.15) is 12.6 Å². The number of hydrogen-bond donors (Lipinski definition) is 0. The van der Waals surface area contributed by atoms with E-state index in [4.69, 9.17) is 0 Å². The van der Waals surface area contributed by atoms with Crippen LogP contribution in [0.2, 0.25) is 0 Å². The van der Waals surface area contributed by atoms with Crippen LogP contribution in [0.15, 0.2) is 44.4 Å². The second-order valence-electron chi connectivity index (χ2n) is 4.64. The van der Waals surface area contributed by atoms with Crippen LogP contribution < -0.4 is 4.90 Å². The predicted molar refractivity (Wildman–Crippen MR) is 103 cm³/mol. The fourth-order valence-corrected chi connectivity index (χ4v) is 5.27. The molecule has 0 aliphatic carbocycles. The molecule has 0 N–H and O–H groups in total. The molecule has 0 saturated heterocycles. The van der Waals surface area contributed by atoms with E-state index in [0.717, 1.165) is 20.1 Å². The highest BCUT2D eigenvalue weighted by atomic mass is 32.2. The van der Waals surface area contributed by atoms with Gasteiger partial charge in [0, 0.05) is 18.1 Å². The maximum absolute atomic E-state index is 12.0. The lowest BCUT2D eigenvalue weighted by atomic mass is 10.3. The number of rotatable bonds is 6. The fraction of sp³-hybridized carbons (Fsp3) is 0.200. The van der Waals surface area contributed by atoms with Gasteiger partial charge in [-0.3, -0.25) is 9.69 Å². The third kappa shape index (κ3) is 4.15. The van der Waals surface area contributed by atoms with Gasteiger partial charge in [-0.05, 0) is 18.4 Å². The Bertz CT molecular complexity index is 818. The number of amides is 1. The van der Waals surface area contributed by atoms with Crippen LogP contribution >= 0.6 is 46.2 Å². The molecule has 0 spiro atoms. The summed E-state index contributed by atoms with van der Waals surface area (Å²) in [5.74, 6) is 0.656. The summed E-state index contributed by atoms with van der Waals surface area (Å²) in [6, 6.07) is 9.56. The standard InChI is InChI=1S/C15H14N4OS4/c1-10(20)19(12-6-4-3-5-7-12)13-16-11(8-22-13)9-23-15-18-17-14(21-2)24-15/h3-8H,9H2,1-2H3. The van der Waals surface area contributed by atoms with Gasteiger partial charge in [0.05, 0.1) is 11.4 Å². The molecule has 0 atom stereocenters. The maximum Gasteiger partial charge on any atom is 0.230 e. The quantitative estimate of drug-likeness (QED) is 0.565. The Labute approximate surface area is 156 Å². The Morgan fingerprint density at radius 1 is 1.21 bits per heavy atom. The zero-order valence-electron chi connectivity index (χ0n) is 13.0. The third-order valence-electron chi connectivity index (χ3n) is 2.97. The molecule has 124 valence electrons. The Balaban J connectivity index is 1.72. The van der Waals surface area contributed by atoms with Crippen LogP contribution in [0.25, 0.3) is 0 Å². The molecule has 0 aliphatic heterocycles. The largest absolute Gasteiger partial charge is 0.274 e. The first-order chi connectivity index (χ1) is 11.7. The number of carbonyl (C=O) groups excluding carboxylic acids is 1. The van der Waals surface area contributed by atoms with Gasteiger partial charge < -0.3 is 0 Å². The first kappa shape index (κ1) is 17.4. The molecule has 24 heavy (non-hydrogen) atoms. The number of carbonyl (C=O) groups is 1. The molecule has 3 rings (SSSR count). The molecular weight excluding hydrogens is 380 g/mol. The van der Waals surface area contributed by atoms with Crippen molar-refractivity contribution in [1.29, 1.82) is 0 Å². The number of para-hydroxylation sites is 1. The molecular formula is C15H14N4OS4. The first-order valence-corrected chi connectivity index (χ1v) is 10.9. The number of hydrogen-bond acceptors (Lipinski definition) is 8. The molecule has 3 aromatic rings. The number of benzene rings is 1. The predicted octanol–water partition coefficient (Wildman–Crippen LogP) is 4.69. The minimum Gasteiger partial charge on any atom is -0.274 e. The Morgan fingerprint density at radius 2 is 1.96 bits per heavy atom. The molecule has 1 aromatic carbocycles. The lowest BCUT2D eigenvalue weighted by Crippen LogP contribution is -2.22. The number of anilines is 2. The van der Waals surface area contributed by atoms with Crippen molar-refractivity contribution in [2.75, 3.05) is 11.2 Å². The van der Waals surface area contributed by atoms with Crippen LogP contribution in [0.4, 0.5) is 10.8 Å². The van der Waals surface area contributed by atoms with Crippen molar-refractivity contribution in [1.82, 2.24) is 15.2 Å². The highest BCUT2D eigenvalue weighted by molar-refractivity contribution is 8.02. The zero-order valence-corrected chi connectivity index (χ0v) is 16.3. The van der Waals surface area contributed by atoms with E-state index in [1.54, 1.807) is 46.7 Å². The van der Waals surface area contributed by atoms with Crippen molar-refractivity contribution < 1.29 is 4.79 Å². The molecule has 1 amide bonds. The maximum atomic E-state index is 12.0. The fourth-order valence-electron chi connectivity index (χ4n) is 1.94. The number of thiazole rings is 1. The van der Waals surface area contributed by atoms with E-state index in [2.05, 4.69) is 15.2 Å². The average molecular weight is 395 g/mol. The number of nitrogens with zero attached hydrogens (tertiary/aromatic N) is 4. The topological polar surface area (TPSA) is 59.0 Å². The van der Waals surface area contributed by atoms with Gasteiger partial charge >= 0.3 is 0 Å². The third-order valence-corrected chi connectivity index (χ3v) is 6.91. The van der Waals surface area contributed by atoms with Crippen LogP contribution in [0.3, 0.4) is 0 Å². The summed E-state index contributed by atoms with van der Waals surface area (Å²) in [6.07, 6.45) is 1.99. The molecule has 0 saturated carbocycles. The molecule has 0 radical (unpaired) electrons. The minimum atomic E-state index is -0.0523. The van der Waals surface area contributed by atoms with Crippen molar-refractivity contribution >= 4 is 62.9 Å². The van der Waals surface area contributed by atoms with Gasteiger partial charge in [0.25, 0.3) is 0 Å². The molecule has 2 heterocycles. The zero-order chi connectivity index (χ0) is 16.9. The molecule has 0 aliphatic rings. The van der Waals surface area contributed by atoms with Gasteiger partial charge in [-0.2, -0.15) is 0 Å². The van der Waals surface area contributed by atoms with Crippen molar-refractivity contribution in [3.63, 3.8) is 0 Å². The molecule has 0 bridgehead atoms. The average Bonchev–Trinajstić information content (AvgIpc) is 3.23. The van der Waals surface area contributed by atoms with E-state index < -0.39 is 0 Å². The molecule has 5 nitrogen and oxygen atoms in total. The minimum absolute atomic E-state index is 0.0523. The summed E-state index contributed by atoms with van der Waals surface area (Å²) < 4.78 is 1.89. The van der Waals surface area contributed by atoms with Crippen LogP contribution in [0, 0.1) is 0 Å². The van der Waals surface area contributed by atoms with Crippen LogP contribution in [-0.2, 0) is 10.5 Å². The van der Waals surface area contributed by atoms with Gasteiger partial charge in [-0.25, -0.2) is 4.98 Å². The lowest BCUT2D eigenvalue weighted by molar-refractivity contribution is -0.115. The van der Waals surface area contributed by atoms with Crippen LogP contribution in [-0.4, -0.2) is 27.3 Å². The molecule has 9 heteroatoms. The Hall–Kier alpha value is -1.42. The Kier molecular flexibility index (Phi) is 5.88. The van der Waals surface area contributed by atoms with Gasteiger partial charge in [-0.1, -0.05) is 53.1 Å². The highest BCUT2D eigenvalue weighted by Gasteiger charge is 2.17. The van der Waals surface area contributed by atoms with E-state index in [9.17, 15) is 4.79 Å². The second kappa shape index (κ2) is 8.11. The summed E-state index contributed by atoms with van der Waals surface area (Å²) in [5, 5.41) is 10.9. The summed E-state index contributed by atoms with van der Waals surface area (Å²) in [6.45, 7) is 1.55. The van der Waals surface area contributed by atoms with Gasteiger partial charge in [0.1, 0.15) is 0 Å². The Morgan fingerprint density at radius 3 is 2.62 bits per heavy atom. The van der Waals surface area contributed by atoms with Gasteiger partial charge in [-0.15, -0.1) is 21.5 Å². The molecule has 0 fully saturated rings. The lowest BCUT2D eigenvalue weighted by Gasteiger charge is -2.17. The number of thioether (sulfide) groups is 2. The monoisotopic (exact) mass is 394 g/mol. The second-order valence-corrected chi connectivity index (χ2v) is 8.73.